The van der Waals surface area contributed by atoms with Gasteiger partial charge in [0.05, 0.1) is 11.4 Å². The van der Waals surface area contributed by atoms with Crippen LogP contribution in [0.2, 0.25) is 0 Å². The highest BCUT2D eigenvalue weighted by atomic mass is 35.7. The van der Waals surface area contributed by atoms with Gasteiger partial charge in [-0.1, -0.05) is 0 Å². The Hall–Kier alpha value is 0.200. The molecule has 5 heteroatoms. The summed E-state index contributed by atoms with van der Waals surface area (Å²) in [6.07, 6.45) is 3.55. The molecule has 0 aromatic rings. The highest BCUT2D eigenvalue weighted by Crippen LogP contribution is 2.38. The molecule has 3 nitrogen and oxygen atoms in total. The monoisotopic (exact) mass is 212 g/mol. The van der Waals surface area contributed by atoms with E-state index in [0.717, 1.165) is 19.3 Å². The lowest BCUT2D eigenvalue weighted by molar-refractivity contribution is -0.0732. The van der Waals surface area contributed by atoms with Gasteiger partial charge in [-0.2, -0.15) is 0 Å². The maximum absolute atomic E-state index is 10.6. The molecule has 0 atom stereocenters. The third-order valence-electron chi connectivity index (χ3n) is 2.50. The number of hydrogen-bond acceptors (Lipinski definition) is 3. The zero-order chi connectivity index (χ0) is 9.24. The maximum Gasteiger partial charge on any atom is 0.232 e. The summed E-state index contributed by atoms with van der Waals surface area (Å²) < 4.78 is 26.5. The molecule has 72 valence electrons. The predicted molar refractivity (Wildman–Crippen MR) is 47.8 cm³/mol. The quantitative estimate of drug-likeness (QED) is 0.664. The highest BCUT2D eigenvalue weighted by molar-refractivity contribution is 8.13. The van der Waals surface area contributed by atoms with Gasteiger partial charge in [0.1, 0.15) is 0 Å². The van der Waals surface area contributed by atoms with Crippen LogP contribution in [0.1, 0.15) is 25.7 Å². The van der Waals surface area contributed by atoms with Crippen molar-refractivity contribution in [2.24, 2.45) is 0 Å². The van der Waals surface area contributed by atoms with E-state index in [1.165, 1.54) is 0 Å². The van der Waals surface area contributed by atoms with Gasteiger partial charge >= 0.3 is 0 Å². The Kier molecular flexibility index (Phi) is 3.01. The molecule has 12 heavy (non-hydrogen) atoms. The minimum atomic E-state index is -3.35. The Balaban J connectivity index is 2.40. The second-order valence-corrected chi connectivity index (χ2v) is 6.13. The second kappa shape index (κ2) is 3.52. The lowest BCUT2D eigenvalue weighted by Crippen LogP contribution is -2.40. The normalized spacial score (nSPS) is 21.8. The molecule has 1 fully saturated rings. The Morgan fingerprint density at radius 2 is 2.08 bits per heavy atom. The Bertz CT molecular complexity index is 238. The molecule has 1 saturated carbocycles. The van der Waals surface area contributed by atoms with Crippen molar-refractivity contribution >= 4 is 19.7 Å². The summed E-state index contributed by atoms with van der Waals surface area (Å²) in [6, 6.07) is 0. The molecule has 1 rings (SSSR count). The molecule has 0 aromatic heterocycles. The van der Waals surface area contributed by atoms with Crippen LogP contribution in [-0.2, 0) is 13.8 Å². The van der Waals surface area contributed by atoms with E-state index < -0.39 is 9.05 Å². The minimum Gasteiger partial charge on any atom is -0.378 e. The van der Waals surface area contributed by atoms with E-state index >= 15 is 0 Å². The molecule has 0 N–H and O–H groups in total. The lowest BCUT2D eigenvalue weighted by atomic mass is 9.78. The van der Waals surface area contributed by atoms with E-state index in [0.29, 0.717) is 6.42 Å². The first-order valence-corrected chi connectivity index (χ1v) is 6.43. The smallest absolute Gasteiger partial charge is 0.232 e. The fraction of sp³-hybridized carbons (Fsp3) is 1.00. The number of rotatable bonds is 4. The van der Waals surface area contributed by atoms with E-state index in [1.807, 2.05) is 0 Å². The first-order valence-electron chi connectivity index (χ1n) is 3.95. The van der Waals surface area contributed by atoms with E-state index in [4.69, 9.17) is 15.4 Å². The molecule has 0 aliphatic heterocycles. The fourth-order valence-corrected chi connectivity index (χ4v) is 2.28. The van der Waals surface area contributed by atoms with Gasteiger partial charge in [0.2, 0.25) is 9.05 Å². The summed E-state index contributed by atoms with van der Waals surface area (Å²) >= 11 is 0. The molecule has 1 aliphatic rings. The van der Waals surface area contributed by atoms with Crippen LogP contribution in [0.15, 0.2) is 0 Å². The van der Waals surface area contributed by atoms with Crippen LogP contribution >= 0.6 is 10.7 Å². The third kappa shape index (κ3) is 2.61. The summed E-state index contributed by atoms with van der Waals surface area (Å²) in [6.45, 7) is 0. The number of halogens is 1. The Morgan fingerprint density at radius 3 is 2.33 bits per heavy atom. The van der Waals surface area contributed by atoms with Gasteiger partial charge in [-0.3, -0.25) is 0 Å². The van der Waals surface area contributed by atoms with Crippen LogP contribution in [0.25, 0.3) is 0 Å². The average Bonchev–Trinajstić information content (AvgIpc) is 1.84. The topological polar surface area (TPSA) is 43.4 Å². The third-order valence-corrected chi connectivity index (χ3v) is 3.65. The van der Waals surface area contributed by atoms with E-state index in [-0.39, 0.29) is 11.4 Å². The summed E-state index contributed by atoms with van der Waals surface area (Å²) in [7, 11) is 3.37. The Labute approximate surface area is 77.5 Å². The molecule has 0 unspecified atom stereocenters. The summed E-state index contributed by atoms with van der Waals surface area (Å²) in [5, 5.41) is 0. The molecular weight excluding hydrogens is 200 g/mol. The van der Waals surface area contributed by atoms with Crippen LogP contribution in [-0.4, -0.2) is 26.9 Å². The van der Waals surface area contributed by atoms with Crippen molar-refractivity contribution in [1.82, 2.24) is 0 Å². The van der Waals surface area contributed by atoms with Crippen molar-refractivity contribution in [3.05, 3.63) is 0 Å². The molecule has 0 saturated heterocycles. The summed E-state index contributed by atoms with van der Waals surface area (Å²) in [4.78, 5) is 0. The first-order chi connectivity index (χ1) is 5.47. The van der Waals surface area contributed by atoms with Gasteiger partial charge in [0.15, 0.2) is 0 Å². The molecule has 0 radical (unpaired) electrons. The van der Waals surface area contributed by atoms with E-state index in [9.17, 15) is 8.42 Å². The molecule has 0 heterocycles. The van der Waals surface area contributed by atoms with Crippen LogP contribution in [0.4, 0.5) is 0 Å². The number of methoxy groups -OCH3 is 1. The highest BCUT2D eigenvalue weighted by Gasteiger charge is 2.37. The van der Waals surface area contributed by atoms with Gasteiger partial charge in [-0.25, -0.2) is 8.42 Å². The SMILES string of the molecule is COC1(CCS(=O)(=O)Cl)CCC1. The van der Waals surface area contributed by atoms with Crippen molar-refractivity contribution in [3.63, 3.8) is 0 Å². The molecule has 0 aromatic carbocycles. The average molecular weight is 213 g/mol. The van der Waals surface area contributed by atoms with Crippen LogP contribution in [0.5, 0.6) is 0 Å². The zero-order valence-corrected chi connectivity index (χ0v) is 8.62. The second-order valence-electron chi connectivity index (χ2n) is 3.23. The lowest BCUT2D eigenvalue weighted by Gasteiger charge is -2.40. The Morgan fingerprint density at radius 1 is 1.50 bits per heavy atom. The van der Waals surface area contributed by atoms with E-state index in [1.54, 1.807) is 7.11 Å². The summed E-state index contributed by atoms with van der Waals surface area (Å²) in [5.74, 6) is 0.0163. The molecular formula is C7H13ClO3S. The van der Waals surface area contributed by atoms with Gasteiger partial charge in [-0.05, 0) is 25.7 Å². The van der Waals surface area contributed by atoms with Gasteiger partial charge in [0, 0.05) is 17.8 Å². The van der Waals surface area contributed by atoms with Crippen LogP contribution < -0.4 is 0 Å². The summed E-state index contributed by atoms with van der Waals surface area (Å²) in [5.41, 5.74) is -0.192. The fourth-order valence-electron chi connectivity index (χ4n) is 1.44. The van der Waals surface area contributed by atoms with Gasteiger partial charge in [0.25, 0.3) is 0 Å². The van der Waals surface area contributed by atoms with Gasteiger partial charge in [-0.15, -0.1) is 0 Å². The largest absolute Gasteiger partial charge is 0.378 e. The maximum atomic E-state index is 10.6. The van der Waals surface area contributed by atoms with Gasteiger partial charge < -0.3 is 4.74 Å². The minimum absolute atomic E-state index is 0.0163. The van der Waals surface area contributed by atoms with Crippen LogP contribution in [0.3, 0.4) is 0 Å². The molecule has 1 aliphatic carbocycles. The van der Waals surface area contributed by atoms with Crippen molar-refractivity contribution < 1.29 is 13.2 Å². The van der Waals surface area contributed by atoms with E-state index in [2.05, 4.69) is 0 Å². The van der Waals surface area contributed by atoms with Crippen molar-refractivity contribution in [2.45, 2.75) is 31.3 Å². The standard InChI is InChI=1S/C7H13ClO3S/c1-11-7(3-2-4-7)5-6-12(8,9)10/h2-6H2,1H3. The molecule has 0 amide bonds. The van der Waals surface area contributed by atoms with Crippen molar-refractivity contribution in [1.29, 1.82) is 0 Å². The van der Waals surface area contributed by atoms with Crippen molar-refractivity contribution in [3.8, 4) is 0 Å². The van der Waals surface area contributed by atoms with Crippen molar-refractivity contribution in [2.75, 3.05) is 12.9 Å². The zero-order valence-electron chi connectivity index (χ0n) is 7.05. The molecule has 0 spiro atoms. The predicted octanol–water partition coefficient (Wildman–Crippen LogP) is 1.51. The molecule has 0 bridgehead atoms. The number of hydrogen-bond donors (Lipinski definition) is 0. The number of ether oxygens (including phenoxy) is 1. The van der Waals surface area contributed by atoms with Crippen LogP contribution in [0, 0.1) is 0 Å². The first kappa shape index (κ1) is 10.3.